The largest absolute Gasteiger partial charge is 0.475 e. The molecule has 1 atom stereocenters. The Balaban J connectivity index is 2.15. The zero-order valence-electron chi connectivity index (χ0n) is 10.3. The third-order valence-electron chi connectivity index (χ3n) is 2.79. The number of rotatable bonds is 4. The molecule has 4 nitrogen and oxygen atoms in total. The van der Waals surface area contributed by atoms with Crippen LogP contribution in [0.5, 0.6) is 5.88 Å². The Morgan fingerprint density at radius 1 is 1.59 bits per heavy atom. The van der Waals surface area contributed by atoms with Crippen LogP contribution in [0.25, 0.3) is 0 Å². The van der Waals surface area contributed by atoms with Crippen LogP contribution in [0, 0.1) is 0 Å². The Bertz CT molecular complexity index is 373. The predicted octanol–water partition coefficient (Wildman–Crippen LogP) is 2.47. The van der Waals surface area contributed by atoms with Crippen molar-refractivity contribution in [2.75, 3.05) is 17.3 Å². The molecule has 0 aromatic carbocycles. The van der Waals surface area contributed by atoms with Crippen LogP contribution in [-0.2, 0) is 0 Å². The molecule has 94 valence electrons. The summed E-state index contributed by atoms with van der Waals surface area (Å²) in [5, 5.41) is 0. The SMILES string of the molecule is CC(C)Oc1ccnc(N2CCCC2CCl)n1. The number of halogens is 1. The van der Waals surface area contributed by atoms with Gasteiger partial charge in [0.2, 0.25) is 11.8 Å². The maximum absolute atomic E-state index is 5.95. The van der Waals surface area contributed by atoms with Crippen molar-refractivity contribution in [1.29, 1.82) is 0 Å². The highest BCUT2D eigenvalue weighted by Gasteiger charge is 2.25. The summed E-state index contributed by atoms with van der Waals surface area (Å²) in [6.07, 6.45) is 4.13. The Morgan fingerprint density at radius 2 is 2.41 bits per heavy atom. The summed E-state index contributed by atoms with van der Waals surface area (Å²) >= 11 is 5.95. The molecule has 1 aliphatic rings. The lowest BCUT2D eigenvalue weighted by molar-refractivity contribution is 0.232. The summed E-state index contributed by atoms with van der Waals surface area (Å²) in [6, 6.07) is 2.14. The summed E-state index contributed by atoms with van der Waals surface area (Å²) in [4.78, 5) is 10.9. The molecule has 1 fully saturated rings. The lowest BCUT2D eigenvalue weighted by Crippen LogP contribution is -2.32. The summed E-state index contributed by atoms with van der Waals surface area (Å²) in [5.41, 5.74) is 0. The zero-order chi connectivity index (χ0) is 12.3. The van der Waals surface area contributed by atoms with Crippen molar-refractivity contribution in [1.82, 2.24) is 9.97 Å². The molecule has 0 N–H and O–H groups in total. The van der Waals surface area contributed by atoms with Gasteiger partial charge in [0.05, 0.1) is 6.10 Å². The highest BCUT2D eigenvalue weighted by Crippen LogP contribution is 2.24. The molecule has 1 saturated heterocycles. The van der Waals surface area contributed by atoms with Gasteiger partial charge in [0.25, 0.3) is 0 Å². The quantitative estimate of drug-likeness (QED) is 0.775. The number of anilines is 1. The van der Waals surface area contributed by atoms with Gasteiger partial charge in [-0.2, -0.15) is 4.98 Å². The van der Waals surface area contributed by atoms with Crippen molar-refractivity contribution in [3.8, 4) is 5.88 Å². The molecule has 0 saturated carbocycles. The summed E-state index contributed by atoms with van der Waals surface area (Å²) < 4.78 is 5.57. The third kappa shape index (κ3) is 3.00. The van der Waals surface area contributed by atoms with Gasteiger partial charge < -0.3 is 9.64 Å². The second kappa shape index (κ2) is 5.54. The zero-order valence-corrected chi connectivity index (χ0v) is 11.0. The normalized spacial score (nSPS) is 20.0. The van der Waals surface area contributed by atoms with Gasteiger partial charge in [-0.25, -0.2) is 4.98 Å². The van der Waals surface area contributed by atoms with E-state index >= 15 is 0 Å². The monoisotopic (exact) mass is 255 g/mol. The van der Waals surface area contributed by atoms with Crippen molar-refractivity contribution >= 4 is 17.5 Å². The van der Waals surface area contributed by atoms with Crippen LogP contribution < -0.4 is 9.64 Å². The number of ether oxygens (including phenoxy) is 1. The lowest BCUT2D eigenvalue weighted by atomic mass is 10.2. The summed E-state index contributed by atoms with van der Waals surface area (Å²) in [5.74, 6) is 1.98. The van der Waals surface area contributed by atoms with E-state index in [0.29, 0.717) is 17.8 Å². The fourth-order valence-corrected chi connectivity index (χ4v) is 2.36. The van der Waals surface area contributed by atoms with Crippen molar-refractivity contribution in [3.05, 3.63) is 12.3 Å². The van der Waals surface area contributed by atoms with Gasteiger partial charge in [0, 0.05) is 30.7 Å². The first-order valence-electron chi connectivity index (χ1n) is 6.03. The number of hydrogen-bond donors (Lipinski definition) is 0. The first-order chi connectivity index (χ1) is 8.20. The minimum atomic E-state index is 0.125. The molecule has 1 unspecified atom stereocenters. The number of alkyl halides is 1. The molecule has 1 aliphatic heterocycles. The highest BCUT2D eigenvalue weighted by molar-refractivity contribution is 6.18. The van der Waals surface area contributed by atoms with Gasteiger partial charge in [-0.1, -0.05) is 0 Å². The molecule has 0 aliphatic carbocycles. The third-order valence-corrected chi connectivity index (χ3v) is 3.14. The van der Waals surface area contributed by atoms with Gasteiger partial charge in [0.15, 0.2) is 0 Å². The van der Waals surface area contributed by atoms with Crippen LogP contribution in [0.3, 0.4) is 0 Å². The molecule has 2 rings (SSSR count). The van der Waals surface area contributed by atoms with Crippen molar-refractivity contribution < 1.29 is 4.74 Å². The van der Waals surface area contributed by atoms with Crippen LogP contribution in [-0.4, -0.2) is 34.5 Å². The summed E-state index contributed by atoms with van der Waals surface area (Å²) in [7, 11) is 0. The fourth-order valence-electron chi connectivity index (χ4n) is 2.04. The Hall–Kier alpha value is -1.03. The number of nitrogens with zero attached hydrogens (tertiary/aromatic N) is 3. The van der Waals surface area contributed by atoms with Crippen LogP contribution in [0.15, 0.2) is 12.3 Å². The average molecular weight is 256 g/mol. The molecular weight excluding hydrogens is 238 g/mol. The molecule has 0 amide bonds. The second-order valence-corrected chi connectivity index (χ2v) is 4.81. The molecule has 0 radical (unpaired) electrons. The predicted molar refractivity (Wildman–Crippen MR) is 68.9 cm³/mol. The summed E-state index contributed by atoms with van der Waals surface area (Å²) in [6.45, 7) is 4.95. The van der Waals surface area contributed by atoms with E-state index in [9.17, 15) is 0 Å². The number of hydrogen-bond acceptors (Lipinski definition) is 4. The van der Waals surface area contributed by atoms with Gasteiger partial charge in [-0.15, -0.1) is 11.6 Å². The molecular formula is C12H18ClN3O. The van der Waals surface area contributed by atoms with Gasteiger partial charge >= 0.3 is 0 Å². The van der Waals surface area contributed by atoms with E-state index in [0.717, 1.165) is 25.3 Å². The molecule has 5 heteroatoms. The molecule has 0 bridgehead atoms. The Kier molecular flexibility index (Phi) is 4.05. The van der Waals surface area contributed by atoms with E-state index in [4.69, 9.17) is 16.3 Å². The van der Waals surface area contributed by atoms with Crippen LogP contribution in [0.2, 0.25) is 0 Å². The Labute approximate surface area is 107 Å². The minimum Gasteiger partial charge on any atom is -0.475 e. The lowest BCUT2D eigenvalue weighted by Gasteiger charge is -2.23. The van der Waals surface area contributed by atoms with E-state index in [1.807, 2.05) is 13.8 Å². The van der Waals surface area contributed by atoms with Crippen molar-refractivity contribution in [2.24, 2.45) is 0 Å². The minimum absolute atomic E-state index is 0.125. The second-order valence-electron chi connectivity index (χ2n) is 4.51. The molecule has 0 spiro atoms. The van der Waals surface area contributed by atoms with E-state index in [-0.39, 0.29) is 6.10 Å². The van der Waals surface area contributed by atoms with Crippen LogP contribution >= 0.6 is 11.6 Å². The van der Waals surface area contributed by atoms with Crippen molar-refractivity contribution in [3.63, 3.8) is 0 Å². The maximum atomic E-state index is 5.95. The first-order valence-corrected chi connectivity index (χ1v) is 6.56. The van der Waals surface area contributed by atoms with Gasteiger partial charge in [-0.05, 0) is 26.7 Å². The van der Waals surface area contributed by atoms with E-state index in [1.54, 1.807) is 12.3 Å². The van der Waals surface area contributed by atoms with Crippen LogP contribution in [0.1, 0.15) is 26.7 Å². The fraction of sp³-hybridized carbons (Fsp3) is 0.667. The van der Waals surface area contributed by atoms with E-state index in [1.165, 1.54) is 0 Å². The maximum Gasteiger partial charge on any atom is 0.228 e. The number of aromatic nitrogens is 2. The molecule has 17 heavy (non-hydrogen) atoms. The Morgan fingerprint density at radius 3 is 3.12 bits per heavy atom. The standard InChI is InChI=1S/C12H18ClN3O/c1-9(2)17-11-5-6-14-12(15-11)16-7-3-4-10(16)8-13/h5-6,9-10H,3-4,7-8H2,1-2H3. The van der Waals surface area contributed by atoms with Crippen molar-refractivity contribution in [2.45, 2.75) is 38.8 Å². The molecule has 2 heterocycles. The topological polar surface area (TPSA) is 38.2 Å². The van der Waals surface area contributed by atoms with E-state index < -0.39 is 0 Å². The smallest absolute Gasteiger partial charge is 0.228 e. The highest BCUT2D eigenvalue weighted by atomic mass is 35.5. The average Bonchev–Trinajstić information content (AvgIpc) is 2.76. The van der Waals surface area contributed by atoms with Gasteiger partial charge in [-0.3, -0.25) is 0 Å². The van der Waals surface area contributed by atoms with E-state index in [2.05, 4.69) is 14.9 Å². The molecule has 1 aromatic heterocycles. The van der Waals surface area contributed by atoms with Gasteiger partial charge in [0.1, 0.15) is 0 Å². The van der Waals surface area contributed by atoms with Crippen LogP contribution in [0.4, 0.5) is 5.95 Å². The first kappa shape index (κ1) is 12.4. The molecule has 1 aromatic rings.